The summed E-state index contributed by atoms with van der Waals surface area (Å²) < 4.78 is 0. The van der Waals surface area contributed by atoms with Gasteiger partial charge in [0.05, 0.1) is 16.7 Å². The number of hydrogen-bond donors (Lipinski definition) is 2. The normalized spacial score (nSPS) is 17.4. The number of carbonyl (C=O) groups is 1. The van der Waals surface area contributed by atoms with E-state index in [0.29, 0.717) is 23.0 Å². The number of nitrogens with one attached hydrogen (secondary N) is 1. The van der Waals surface area contributed by atoms with Crippen LogP contribution in [0.1, 0.15) is 41.6 Å². The monoisotopic (exact) mass is 281 g/mol. The molecule has 0 saturated heterocycles. The molecule has 0 aromatic heterocycles. The predicted molar refractivity (Wildman–Crippen MR) is 76.5 cm³/mol. The van der Waals surface area contributed by atoms with E-state index in [9.17, 15) is 9.90 Å². The van der Waals surface area contributed by atoms with Gasteiger partial charge in [0.25, 0.3) is 5.91 Å². The molecule has 0 spiro atoms. The SMILES string of the molecule is Cc1cccc(C(=O)NCC(O)C2CCCC2)c1Cl. The van der Waals surface area contributed by atoms with Gasteiger partial charge in [-0.3, -0.25) is 4.79 Å². The summed E-state index contributed by atoms with van der Waals surface area (Å²) in [5.74, 6) is 0.110. The Bertz CT molecular complexity index is 455. The van der Waals surface area contributed by atoms with Gasteiger partial charge in [0.15, 0.2) is 0 Å². The molecular formula is C15H20ClNO2. The molecule has 0 aliphatic heterocycles. The summed E-state index contributed by atoms with van der Waals surface area (Å²) in [6.45, 7) is 2.17. The van der Waals surface area contributed by atoms with E-state index in [0.717, 1.165) is 18.4 Å². The molecule has 19 heavy (non-hydrogen) atoms. The smallest absolute Gasteiger partial charge is 0.252 e. The van der Waals surface area contributed by atoms with Crippen molar-refractivity contribution in [2.45, 2.75) is 38.7 Å². The Hall–Kier alpha value is -1.06. The van der Waals surface area contributed by atoms with Crippen molar-refractivity contribution in [2.24, 2.45) is 5.92 Å². The van der Waals surface area contributed by atoms with Crippen LogP contribution in [-0.2, 0) is 0 Å². The summed E-state index contributed by atoms with van der Waals surface area (Å²) >= 11 is 6.11. The summed E-state index contributed by atoms with van der Waals surface area (Å²) in [5, 5.41) is 13.3. The lowest BCUT2D eigenvalue weighted by molar-refractivity contribution is 0.0840. The maximum atomic E-state index is 12.0. The number of hydrogen-bond acceptors (Lipinski definition) is 2. The molecule has 1 saturated carbocycles. The minimum absolute atomic E-state index is 0.217. The first kappa shape index (κ1) is 14.4. The van der Waals surface area contributed by atoms with Crippen LogP contribution in [0.5, 0.6) is 0 Å². The van der Waals surface area contributed by atoms with Crippen LogP contribution in [-0.4, -0.2) is 23.7 Å². The lowest BCUT2D eigenvalue weighted by atomic mass is 10.0. The van der Waals surface area contributed by atoms with Gasteiger partial charge in [-0.15, -0.1) is 0 Å². The highest BCUT2D eigenvalue weighted by molar-refractivity contribution is 6.34. The second kappa shape index (κ2) is 6.40. The average Bonchev–Trinajstić information content (AvgIpc) is 2.93. The molecule has 1 amide bonds. The average molecular weight is 282 g/mol. The Labute approximate surface area is 119 Å². The Morgan fingerprint density at radius 3 is 2.84 bits per heavy atom. The Morgan fingerprint density at radius 1 is 1.47 bits per heavy atom. The number of aliphatic hydroxyl groups is 1. The van der Waals surface area contributed by atoms with Crippen LogP contribution < -0.4 is 5.32 Å². The summed E-state index contributed by atoms with van der Waals surface area (Å²) in [7, 11) is 0. The molecule has 1 fully saturated rings. The van der Waals surface area contributed by atoms with Crippen LogP contribution in [0, 0.1) is 12.8 Å². The van der Waals surface area contributed by atoms with Crippen LogP contribution in [0.15, 0.2) is 18.2 Å². The van der Waals surface area contributed by atoms with E-state index < -0.39 is 6.10 Å². The molecule has 1 aliphatic carbocycles. The van der Waals surface area contributed by atoms with E-state index in [2.05, 4.69) is 5.32 Å². The van der Waals surface area contributed by atoms with E-state index in [1.165, 1.54) is 12.8 Å². The molecule has 0 heterocycles. The zero-order valence-electron chi connectivity index (χ0n) is 11.2. The molecule has 0 bridgehead atoms. The van der Waals surface area contributed by atoms with Gasteiger partial charge < -0.3 is 10.4 Å². The van der Waals surface area contributed by atoms with Crippen molar-refractivity contribution in [1.82, 2.24) is 5.32 Å². The van der Waals surface area contributed by atoms with Gasteiger partial charge in [0.2, 0.25) is 0 Å². The van der Waals surface area contributed by atoms with Crippen molar-refractivity contribution in [1.29, 1.82) is 0 Å². The molecule has 0 radical (unpaired) electrons. The third kappa shape index (κ3) is 3.48. The number of aliphatic hydroxyl groups excluding tert-OH is 1. The van der Waals surface area contributed by atoms with Gasteiger partial charge >= 0.3 is 0 Å². The molecule has 104 valence electrons. The second-order valence-corrected chi connectivity index (χ2v) is 5.64. The standard InChI is InChI=1S/C15H20ClNO2/c1-10-5-4-8-12(14(10)16)15(19)17-9-13(18)11-6-2-3-7-11/h4-5,8,11,13,18H,2-3,6-7,9H2,1H3,(H,17,19). The van der Waals surface area contributed by atoms with Crippen molar-refractivity contribution in [3.8, 4) is 0 Å². The molecule has 1 aromatic rings. The number of carbonyl (C=O) groups excluding carboxylic acids is 1. The molecule has 3 nitrogen and oxygen atoms in total. The Kier molecular flexibility index (Phi) is 4.83. The molecule has 2 rings (SSSR count). The van der Waals surface area contributed by atoms with Gasteiger partial charge in [-0.05, 0) is 37.3 Å². The zero-order chi connectivity index (χ0) is 13.8. The largest absolute Gasteiger partial charge is 0.391 e. The maximum Gasteiger partial charge on any atom is 0.252 e. The van der Waals surface area contributed by atoms with E-state index in [1.54, 1.807) is 6.07 Å². The highest BCUT2D eigenvalue weighted by atomic mass is 35.5. The first-order valence-electron chi connectivity index (χ1n) is 6.81. The van der Waals surface area contributed by atoms with Crippen LogP contribution in [0.25, 0.3) is 0 Å². The lowest BCUT2D eigenvalue weighted by Crippen LogP contribution is -2.35. The molecule has 1 aromatic carbocycles. The number of benzene rings is 1. The fourth-order valence-electron chi connectivity index (χ4n) is 2.62. The van der Waals surface area contributed by atoms with Gasteiger partial charge in [-0.25, -0.2) is 0 Å². The van der Waals surface area contributed by atoms with Crippen molar-refractivity contribution in [2.75, 3.05) is 6.54 Å². The topological polar surface area (TPSA) is 49.3 Å². The van der Waals surface area contributed by atoms with Crippen LogP contribution in [0.2, 0.25) is 5.02 Å². The Morgan fingerprint density at radius 2 is 2.16 bits per heavy atom. The van der Waals surface area contributed by atoms with Crippen LogP contribution in [0.3, 0.4) is 0 Å². The van der Waals surface area contributed by atoms with Crippen LogP contribution in [0.4, 0.5) is 0 Å². The molecular weight excluding hydrogens is 262 g/mol. The third-order valence-corrected chi connectivity index (χ3v) is 4.35. The molecule has 1 aliphatic rings. The molecule has 1 unspecified atom stereocenters. The van der Waals surface area contributed by atoms with E-state index in [1.807, 2.05) is 19.1 Å². The first-order chi connectivity index (χ1) is 9.09. The van der Waals surface area contributed by atoms with Gasteiger partial charge in [-0.1, -0.05) is 36.6 Å². The van der Waals surface area contributed by atoms with E-state index in [4.69, 9.17) is 11.6 Å². The van der Waals surface area contributed by atoms with E-state index in [-0.39, 0.29) is 5.91 Å². The highest BCUT2D eigenvalue weighted by Crippen LogP contribution is 2.27. The molecule has 4 heteroatoms. The quantitative estimate of drug-likeness (QED) is 0.891. The van der Waals surface area contributed by atoms with Crippen molar-refractivity contribution in [3.63, 3.8) is 0 Å². The maximum absolute atomic E-state index is 12.0. The number of aryl methyl sites for hydroxylation is 1. The summed E-state index contributed by atoms with van der Waals surface area (Å²) in [4.78, 5) is 12.0. The number of amides is 1. The van der Waals surface area contributed by atoms with E-state index >= 15 is 0 Å². The van der Waals surface area contributed by atoms with Crippen molar-refractivity contribution in [3.05, 3.63) is 34.3 Å². The number of rotatable bonds is 4. The summed E-state index contributed by atoms with van der Waals surface area (Å²) in [6.07, 6.45) is 4.03. The van der Waals surface area contributed by atoms with Gasteiger partial charge in [0.1, 0.15) is 0 Å². The summed E-state index contributed by atoms with van der Waals surface area (Å²) in [5.41, 5.74) is 1.35. The fraction of sp³-hybridized carbons (Fsp3) is 0.533. The van der Waals surface area contributed by atoms with Crippen molar-refractivity contribution < 1.29 is 9.90 Å². The molecule has 2 N–H and O–H groups in total. The van der Waals surface area contributed by atoms with Crippen LogP contribution >= 0.6 is 11.6 Å². The number of halogens is 1. The first-order valence-corrected chi connectivity index (χ1v) is 7.18. The highest BCUT2D eigenvalue weighted by Gasteiger charge is 2.23. The summed E-state index contributed by atoms with van der Waals surface area (Å²) in [6, 6.07) is 5.38. The minimum Gasteiger partial charge on any atom is -0.391 e. The van der Waals surface area contributed by atoms with Gasteiger partial charge in [-0.2, -0.15) is 0 Å². The predicted octanol–water partition coefficient (Wildman–Crippen LogP) is 2.93. The second-order valence-electron chi connectivity index (χ2n) is 5.26. The zero-order valence-corrected chi connectivity index (χ0v) is 11.9. The van der Waals surface area contributed by atoms with Gasteiger partial charge in [0, 0.05) is 6.54 Å². The lowest BCUT2D eigenvalue weighted by Gasteiger charge is -2.18. The molecule has 1 atom stereocenters. The fourth-order valence-corrected chi connectivity index (χ4v) is 2.84. The van der Waals surface area contributed by atoms with Crippen molar-refractivity contribution >= 4 is 17.5 Å². The third-order valence-electron chi connectivity index (χ3n) is 3.85. The Balaban J connectivity index is 1.92. The minimum atomic E-state index is -0.449.